The van der Waals surface area contributed by atoms with E-state index in [2.05, 4.69) is 22.8 Å². The zero-order valence-corrected chi connectivity index (χ0v) is 13.2. The van der Waals surface area contributed by atoms with Crippen molar-refractivity contribution in [3.63, 3.8) is 0 Å². The van der Waals surface area contributed by atoms with Crippen LogP contribution < -0.4 is 10.6 Å². The Labute approximate surface area is 135 Å². The molecule has 0 atom stereocenters. The highest BCUT2D eigenvalue weighted by Gasteiger charge is 2.44. The Kier molecular flexibility index (Phi) is 4.33. The number of hydrogen-bond acceptors (Lipinski definition) is 2. The van der Waals surface area contributed by atoms with Crippen LogP contribution in [-0.4, -0.2) is 19.0 Å². The van der Waals surface area contributed by atoms with Gasteiger partial charge in [0.05, 0.1) is 6.54 Å². The second-order valence-electron chi connectivity index (χ2n) is 6.24. The van der Waals surface area contributed by atoms with Gasteiger partial charge in [0, 0.05) is 17.6 Å². The van der Waals surface area contributed by atoms with Crippen molar-refractivity contribution in [1.29, 1.82) is 0 Å². The minimum absolute atomic E-state index is 0.0454. The fraction of sp³-hybridized carbons (Fsp3) is 0.316. The van der Waals surface area contributed by atoms with Crippen molar-refractivity contribution in [2.75, 3.05) is 18.4 Å². The van der Waals surface area contributed by atoms with Gasteiger partial charge in [-0.25, -0.2) is 4.39 Å². The van der Waals surface area contributed by atoms with Gasteiger partial charge in [0.15, 0.2) is 0 Å². The molecule has 1 fully saturated rings. The minimum Gasteiger partial charge on any atom is -0.376 e. The van der Waals surface area contributed by atoms with Crippen LogP contribution in [0.2, 0.25) is 0 Å². The van der Waals surface area contributed by atoms with Gasteiger partial charge in [-0.3, -0.25) is 4.79 Å². The van der Waals surface area contributed by atoms with Gasteiger partial charge in [0.1, 0.15) is 5.82 Å². The molecule has 0 saturated heterocycles. The maximum Gasteiger partial charge on any atom is 0.239 e. The Morgan fingerprint density at radius 3 is 2.57 bits per heavy atom. The molecular formula is C19H21FN2O. The summed E-state index contributed by atoms with van der Waals surface area (Å²) in [6.45, 7) is 2.68. The Morgan fingerprint density at radius 2 is 1.91 bits per heavy atom. The van der Waals surface area contributed by atoms with E-state index >= 15 is 0 Å². The van der Waals surface area contributed by atoms with Crippen molar-refractivity contribution in [3.8, 4) is 0 Å². The topological polar surface area (TPSA) is 41.1 Å². The van der Waals surface area contributed by atoms with E-state index in [9.17, 15) is 9.18 Å². The van der Waals surface area contributed by atoms with E-state index in [1.165, 1.54) is 17.7 Å². The lowest BCUT2D eigenvalue weighted by Gasteiger charge is -2.17. The molecule has 2 aromatic rings. The van der Waals surface area contributed by atoms with E-state index in [4.69, 9.17) is 0 Å². The highest BCUT2D eigenvalue weighted by molar-refractivity contribution is 5.81. The van der Waals surface area contributed by atoms with Crippen molar-refractivity contribution >= 4 is 11.6 Å². The summed E-state index contributed by atoms with van der Waals surface area (Å²) >= 11 is 0. The summed E-state index contributed by atoms with van der Waals surface area (Å²) < 4.78 is 13.1. The first-order valence-corrected chi connectivity index (χ1v) is 7.91. The van der Waals surface area contributed by atoms with Gasteiger partial charge in [-0.1, -0.05) is 30.3 Å². The van der Waals surface area contributed by atoms with Crippen LogP contribution in [0, 0.1) is 12.7 Å². The zero-order chi connectivity index (χ0) is 16.3. The SMILES string of the molecule is Cc1cc(F)ccc1NCC(=O)NCC1(c2ccccc2)CC1. The molecule has 1 saturated carbocycles. The molecular weight excluding hydrogens is 291 g/mol. The average molecular weight is 312 g/mol. The lowest BCUT2D eigenvalue weighted by Crippen LogP contribution is -2.36. The zero-order valence-electron chi connectivity index (χ0n) is 13.2. The van der Waals surface area contributed by atoms with E-state index in [0.717, 1.165) is 24.1 Å². The van der Waals surface area contributed by atoms with Crippen LogP contribution in [0.1, 0.15) is 24.0 Å². The summed E-state index contributed by atoms with van der Waals surface area (Å²) in [5, 5.41) is 6.07. The Balaban J connectivity index is 1.50. The van der Waals surface area contributed by atoms with E-state index in [0.29, 0.717) is 6.54 Å². The number of benzene rings is 2. The fourth-order valence-corrected chi connectivity index (χ4v) is 2.84. The van der Waals surface area contributed by atoms with E-state index in [1.54, 1.807) is 6.07 Å². The van der Waals surface area contributed by atoms with Crippen molar-refractivity contribution in [2.24, 2.45) is 0 Å². The maximum absolute atomic E-state index is 13.1. The molecule has 2 N–H and O–H groups in total. The van der Waals surface area contributed by atoms with Crippen LogP contribution >= 0.6 is 0 Å². The van der Waals surface area contributed by atoms with Gasteiger partial charge in [-0.2, -0.15) is 0 Å². The quantitative estimate of drug-likeness (QED) is 0.858. The first-order valence-electron chi connectivity index (χ1n) is 7.91. The fourth-order valence-electron chi connectivity index (χ4n) is 2.84. The second-order valence-corrected chi connectivity index (χ2v) is 6.24. The van der Waals surface area contributed by atoms with Gasteiger partial charge < -0.3 is 10.6 Å². The van der Waals surface area contributed by atoms with E-state index in [1.807, 2.05) is 25.1 Å². The first-order chi connectivity index (χ1) is 11.1. The van der Waals surface area contributed by atoms with Gasteiger partial charge in [-0.05, 0) is 49.1 Å². The third kappa shape index (κ3) is 3.70. The third-order valence-corrected chi connectivity index (χ3v) is 4.49. The second kappa shape index (κ2) is 6.41. The molecule has 0 aliphatic heterocycles. The van der Waals surface area contributed by atoms with Crippen molar-refractivity contribution < 1.29 is 9.18 Å². The molecule has 120 valence electrons. The summed E-state index contributed by atoms with van der Waals surface area (Å²) in [6.07, 6.45) is 2.23. The standard InChI is InChI=1S/C19H21FN2O/c1-14-11-16(20)7-8-17(14)21-12-18(23)22-13-19(9-10-19)15-5-3-2-4-6-15/h2-8,11,21H,9-10,12-13H2,1H3,(H,22,23). The minimum atomic E-state index is -0.268. The number of aryl methyl sites for hydroxylation is 1. The van der Waals surface area contributed by atoms with E-state index < -0.39 is 0 Å². The molecule has 1 amide bonds. The highest BCUT2D eigenvalue weighted by Crippen LogP contribution is 2.47. The largest absolute Gasteiger partial charge is 0.376 e. The normalized spacial score (nSPS) is 15.0. The molecule has 0 aromatic heterocycles. The monoisotopic (exact) mass is 312 g/mol. The Bertz CT molecular complexity index is 696. The van der Waals surface area contributed by atoms with Crippen LogP contribution in [0.4, 0.5) is 10.1 Å². The van der Waals surface area contributed by atoms with Crippen LogP contribution in [0.3, 0.4) is 0 Å². The number of carbonyl (C=O) groups is 1. The first kappa shape index (κ1) is 15.5. The number of nitrogens with one attached hydrogen (secondary N) is 2. The molecule has 1 aliphatic carbocycles. The lowest BCUT2D eigenvalue weighted by atomic mass is 9.96. The predicted molar refractivity (Wildman–Crippen MR) is 90.0 cm³/mol. The molecule has 0 unspecified atom stereocenters. The highest BCUT2D eigenvalue weighted by atomic mass is 19.1. The van der Waals surface area contributed by atoms with Crippen molar-refractivity contribution in [3.05, 3.63) is 65.5 Å². The molecule has 1 aliphatic rings. The van der Waals surface area contributed by atoms with Crippen LogP contribution in [-0.2, 0) is 10.2 Å². The predicted octanol–water partition coefficient (Wildman–Crippen LogP) is 3.39. The molecule has 0 radical (unpaired) electrons. The molecule has 2 aromatic carbocycles. The summed E-state index contributed by atoms with van der Waals surface area (Å²) in [4.78, 5) is 12.1. The van der Waals surface area contributed by atoms with Crippen molar-refractivity contribution in [2.45, 2.75) is 25.2 Å². The average Bonchev–Trinajstić information content (AvgIpc) is 3.34. The van der Waals surface area contributed by atoms with Gasteiger partial charge in [-0.15, -0.1) is 0 Å². The van der Waals surface area contributed by atoms with Gasteiger partial charge >= 0.3 is 0 Å². The Morgan fingerprint density at radius 1 is 1.17 bits per heavy atom. The number of amides is 1. The smallest absolute Gasteiger partial charge is 0.239 e. The molecule has 4 heteroatoms. The van der Waals surface area contributed by atoms with Crippen LogP contribution in [0.5, 0.6) is 0 Å². The number of anilines is 1. The lowest BCUT2D eigenvalue weighted by molar-refractivity contribution is -0.119. The summed E-state index contributed by atoms with van der Waals surface area (Å²) in [6, 6.07) is 14.8. The van der Waals surface area contributed by atoms with Crippen molar-refractivity contribution in [1.82, 2.24) is 5.32 Å². The Hall–Kier alpha value is -2.36. The summed E-state index contributed by atoms with van der Waals surface area (Å²) in [5.41, 5.74) is 2.98. The molecule has 3 rings (SSSR count). The number of rotatable bonds is 6. The van der Waals surface area contributed by atoms with Crippen LogP contribution in [0.15, 0.2) is 48.5 Å². The van der Waals surface area contributed by atoms with Gasteiger partial charge in [0.25, 0.3) is 0 Å². The molecule has 0 bridgehead atoms. The third-order valence-electron chi connectivity index (χ3n) is 4.49. The number of halogens is 1. The molecule has 0 spiro atoms. The molecule has 0 heterocycles. The summed E-state index contributed by atoms with van der Waals surface area (Å²) in [7, 11) is 0. The number of hydrogen-bond donors (Lipinski definition) is 2. The molecule has 3 nitrogen and oxygen atoms in total. The van der Waals surface area contributed by atoms with Crippen LogP contribution in [0.25, 0.3) is 0 Å². The maximum atomic E-state index is 13.1. The van der Waals surface area contributed by atoms with E-state index in [-0.39, 0.29) is 23.7 Å². The summed E-state index contributed by atoms with van der Waals surface area (Å²) in [5.74, 6) is -0.313. The molecule has 23 heavy (non-hydrogen) atoms. The number of carbonyl (C=O) groups excluding carboxylic acids is 1. The van der Waals surface area contributed by atoms with Gasteiger partial charge in [0.2, 0.25) is 5.91 Å².